The van der Waals surface area contributed by atoms with E-state index in [1.54, 1.807) is 6.92 Å². The molecule has 0 spiro atoms. The van der Waals surface area contributed by atoms with Crippen molar-refractivity contribution in [3.05, 3.63) is 0 Å². The van der Waals surface area contributed by atoms with Crippen LogP contribution < -0.4 is 5.32 Å². The van der Waals surface area contributed by atoms with Crippen LogP contribution in [0.1, 0.15) is 111 Å². The van der Waals surface area contributed by atoms with Crippen molar-refractivity contribution < 1.29 is 19.1 Å². The zero-order valence-corrected chi connectivity index (χ0v) is 19.7. The average Bonchev–Trinajstić information content (AvgIpc) is 2.66. The van der Waals surface area contributed by atoms with Crippen molar-refractivity contribution in [1.29, 1.82) is 0 Å². The Bertz CT molecular complexity index is 523. The molecule has 0 saturated carbocycles. The molecule has 1 aliphatic heterocycles. The van der Waals surface area contributed by atoms with E-state index >= 15 is 0 Å². The molecule has 30 heavy (non-hydrogen) atoms. The summed E-state index contributed by atoms with van der Waals surface area (Å²) in [6.45, 7) is 7.06. The Kier molecular flexibility index (Phi) is 13.4. The SMILES string of the molecule is CCCCCCCCCCCCC[C@@H]1C[C@@H](OC(C)=O)[C@@H](NC(C)=O)CN1C(C)=O. The molecule has 1 heterocycles. The molecular weight excluding hydrogens is 380 g/mol. The van der Waals surface area contributed by atoms with E-state index in [4.69, 9.17) is 4.74 Å². The summed E-state index contributed by atoms with van der Waals surface area (Å²) >= 11 is 0. The standard InChI is InChI=1S/C24H44N2O4/c1-5-6-7-8-9-10-11-12-13-14-15-16-22-17-24(30-21(4)29)23(25-19(2)27)18-26(22)20(3)28/h22-24H,5-18H2,1-4H3,(H,25,27)/t22-,23+,24-/m1/s1. The molecule has 0 aromatic carbocycles. The molecule has 0 bridgehead atoms. The highest BCUT2D eigenvalue weighted by atomic mass is 16.5. The van der Waals surface area contributed by atoms with Gasteiger partial charge in [0.2, 0.25) is 11.8 Å². The fourth-order valence-corrected chi connectivity index (χ4v) is 4.48. The lowest BCUT2D eigenvalue weighted by atomic mass is 9.91. The second-order valence-electron chi connectivity index (χ2n) is 8.84. The van der Waals surface area contributed by atoms with E-state index in [-0.39, 0.29) is 36.0 Å². The number of esters is 1. The topological polar surface area (TPSA) is 75.7 Å². The third kappa shape index (κ3) is 11.0. The third-order valence-electron chi connectivity index (χ3n) is 6.04. The van der Waals surface area contributed by atoms with Gasteiger partial charge in [-0.05, 0) is 6.42 Å². The number of amides is 2. The predicted molar refractivity (Wildman–Crippen MR) is 120 cm³/mol. The van der Waals surface area contributed by atoms with Gasteiger partial charge in [0, 0.05) is 39.8 Å². The van der Waals surface area contributed by atoms with Crippen LogP contribution in [0.4, 0.5) is 0 Å². The monoisotopic (exact) mass is 424 g/mol. The van der Waals surface area contributed by atoms with E-state index in [0.29, 0.717) is 13.0 Å². The van der Waals surface area contributed by atoms with Crippen molar-refractivity contribution in [2.24, 2.45) is 0 Å². The molecule has 0 radical (unpaired) electrons. The largest absolute Gasteiger partial charge is 0.460 e. The highest BCUT2D eigenvalue weighted by Crippen LogP contribution is 2.25. The van der Waals surface area contributed by atoms with Gasteiger partial charge in [-0.15, -0.1) is 0 Å². The van der Waals surface area contributed by atoms with Crippen LogP contribution in [-0.2, 0) is 19.1 Å². The van der Waals surface area contributed by atoms with E-state index in [9.17, 15) is 14.4 Å². The molecule has 0 aromatic rings. The zero-order valence-electron chi connectivity index (χ0n) is 19.7. The number of carbonyl (C=O) groups excluding carboxylic acids is 3. The zero-order chi connectivity index (χ0) is 22.4. The number of hydrogen-bond acceptors (Lipinski definition) is 4. The van der Waals surface area contributed by atoms with Gasteiger partial charge in [0.15, 0.2) is 0 Å². The number of carbonyl (C=O) groups is 3. The number of nitrogens with zero attached hydrogens (tertiary/aromatic N) is 1. The first-order valence-electron chi connectivity index (χ1n) is 12.1. The van der Waals surface area contributed by atoms with Crippen LogP contribution in [0, 0.1) is 0 Å². The average molecular weight is 425 g/mol. The second-order valence-corrected chi connectivity index (χ2v) is 8.84. The Morgan fingerprint density at radius 3 is 1.87 bits per heavy atom. The van der Waals surface area contributed by atoms with Gasteiger partial charge >= 0.3 is 5.97 Å². The van der Waals surface area contributed by atoms with Crippen molar-refractivity contribution in [1.82, 2.24) is 10.2 Å². The van der Waals surface area contributed by atoms with Crippen molar-refractivity contribution in [3.8, 4) is 0 Å². The minimum absolute atomic E-state index is 0.0136. The van der Waals surface area contributed by atoms with Gasteiger partial charge in [-0.3, -0.25) is 14.4 Å². The lowest BCUT2D eigenvalue weighted by Crippen LogP contribution is -2.60. The van der Waals surface area contributed by atoms with Crippen LogP contribution in [0.5, 0.6) is 0 Å². The van der Waals surface area contributed by atoms with E-state index in [0.717, 1.165) is 12.8 Å². The molecule has 1 N–H and O–H groups in total. The number of unbranched alkanes of at least 4 members (excludes halogenated alkanes) is 10. The van der Waals surface area contributed by atoms with Crippen molar-refractivity contribution in [3.63, 3.8) is 0 Å². The summed E-state index contributed by atoms with van der Waals surface area (Å²) in [5.74, 6) is -0.510. The molecule has 0 aromatic heterocycles. The molecule has 2 amide bonds. The quantitative estimate of drug-likeness (QED) is 0.323. The molecule has 6 heteroatoms. The highest BCUT2D eigenvalue weighted by Gasteiger charge is 2.38. The molecule has 1 aliphatic rings. The van der Waals surface area contributed by atoms with E-state index in [2.05, 4.69) is 12.2 Å². The van der Waals surface area contributed by atoms with Gasteiger partial charge in [0.1, 0.15) is 6.10 Å². The van der Waals surface area contributed by atoms with Crippen molar-refractivity contribution in [2.75, 3.05) is 6.54 Å². The van der Waals surface area contributed by atoms with E-state index < -0.39 is 0 Å². The molecule has 0 aliphatic carbocycles. The van der Waals surface area contributed by atoms with Gasteiger partial charge in [0.05, 0.1) is 6.04 Å². The van der Waals surface area contributed by atoms with Gasteiger partial charge < -0.3 is 15.0 Å². The molecule has 174 valence electrons. The van der Waals surface area contributed by atoms with Crippen LogP contribution >= 0.6 is 0 Å². The highest BCUT2D eigenvalue weighted by molar-refractivity contribution is 5.75. The smallest absolute Gasteiger partial charge is 0.302 e. The summed E-state index contributed by atoms with van der Waals surface area (Å²) in [6.07, 6.45) is 15.3. The fourth-order valence-electron chi connectivity index (χ4n) is 4.48. The summed E-state index contributed by atoms with van der Waals surface area (Å²) < 4.78 is 5.48. The summed E-state index contributed by atoms with van der Waals surface area (Å²) in [7, 11) is 0. The van der Waals surface area contributed by atoms with Gasteiger partial charge in [-0.1, -0.05) is 77.6 Å². The molecule has 3 atom stereocenters. The van der Waals surface area contributed by atoms with Crippen LogP contribution in [0.15, 0.2) is 0 Å². The van der Waals surface area contributed by atoms with Gasteiger partial charge in [-0.2, -0.15) is 0 Å². The first kappa shape index (κ1) is 26.4. The maximum Gasteiger partial charge on any atom is 0.302 e. The Balaban J connectivity index is 2.37. The van der Waals surface area contributed by atoms with Gasteiger partial charge in [0.25, 0.3) is 0 Å². The second kappa shape index (κ2) is 15.2. The predicted octanol–water partition coefficient (Wildman–Crippen LogP) is 4.74. The van der Waals surface area contributed by atoms with Crippen LogP contribution in [0.2, 0.25) is 0 Å². The van der Waals surface area contributed by atoms with Crippen molar-refractivity contribution in [2.45, 2.75) is 129 Å². The fraction of sp³-hybridized carbons (Fsp3) is 0.875. The number of ether oxygens (including phenoxy) is 1. The minimum Gasteiger partial charge on any atom is -0.460 e. The lowest BCUT2D eigenvalue weighted by molar-refractivity contribution is -0.155. The maximum absolute atomic E-state index is 12.2. The summed E-state index contributed by atoms with van der Waals surface area (Å²) in [5, 5.41) is 2.84. The van der Waals surface area contributed by atoms with Crippen LogP contribution in [0.3, 0.4) is 0 Å². The molecular formula is C24H44N2O4. The number of rotatable bonds is 14. The number of nitrogens with one attached hydrogen (secondary N) is 1. The number of piperidine rings is 1. The number of likely N-dealkylation sites (tertiary alicyclic amines) is 1. The van der Waals surface area contributed by atoms with Crippen LogP contribution in [-0.4, -0.2) is 47.4 Å². The summed E-state index contributed by atoms with van der Waals surface area (Å²) in [5.41, 5.74) is 0. The summed E-state index contributed by atoms with van der Waals surface area (Å²) in [4.78, 5) is 37.1. The van der Waals surface area contributed by atoms with Crippen molar-refractivity contribution >= 4 is 17.8 Å². The molecule has 0 unspecified atom stereocenters. The van der Waals surface area contributed by atoms with E-state index in [1.165, 1.54) is 78.1 Å². The first-order chi connectivity index (χ1) is 14.3. The maximum atomic E-state index is 12.2. The number of hydrogen-bond donors (Lipinski definition) is 1. The molecule has 1 rings (SSSR count). The van der Waals surface area contributed by atoms with E-state index in [1.807, 2.05) is 4.90 Å². The molecule has 1 fully saturated rings. The van der Waals surface area contributed by atoms with Gasteiger partial charge in [-0.25, -0.2) is 0 Å². The Hall–Kier alpha value is -1.59. The Morgan fingerprint density at radius 2 is 1.40 bits per heavy atom. The first-order valence-corrected chi connectivity index (χ1v) is 12.1. The minimum atomic E-state index is -0.375. The summed E-state index contributed by atoms with van der Waals surface area (Å²) in [6, 6.07) is -0.278. The third-order valence-corrected chi connectivity index (χ3v) is 6.04. The Labute approximate surface area is 183 Å². The molecule has 6 nitrogen and oxygen atoms in total. The Morgan fingerprint density at radius 1 is 0.867 bits per heavy atom. The lowest BCUT2D eigenvalue weighted by Gasteiger charge is -2.43. The normalized spacial score (nSPS) is 21.3. The molecule has 1 saturated heterocycles. The van der Waals surface area contributed by atoms with Crippen LogP contribution in [0.25, 0.3) is 0 Å².